The van der Waals surface area contributed by atoms with Crippen molar-refractivity contribution < 1.29 is 9.53 Å². The van der Waals surface area contributed by atoms with Crippen LogP contribution in [-0.2, 0) is 24.9 Å². The fourth-order valence-electron chi connectivity index (χ4n) is 2.51. The van der Waals surface area contributed by atoms with Gasteiger partial charge in [-0.3, -0.25) is 9.48 Å². The summed E-state index contributed by atoms with van der Waals surface area (Å²) in [5.41, 5.74) is 3.48. The summed E-state index contributed by atoms with van der Waals surface area (Å²) in [4.78, 5) is 16.8. The first kappa shape index (κ1) is 18.3. The zero-order valence-electron chi connectivity index (χ0n) is 14.9. The molecule has 1 N–H and O–H groups in total. The van der Waals surface area contributed by atoms with Crippen LogP contribution in [0.3, 0.4) is 0 Å². The molecule has 2 heterocycles. The van der Waals surface area contributed by atoms with Gasteiger partial charge < -0.3 is 10.1 Å². The number of nitrogens with one attached hydrogen (secondary N) is 1. The normalized spacial score (nSPS) is 10.8. The van der Waals surface area contributed by atoms with Gasteiger partial charge >= 0.3 is 0 Å². The van der Waals surface area contributed by atoms with E-state index < -0.39 is 0 Å². The number of amides is 1. The van der Waals surface area contributed by atoms with Crippen LogP contribution in [0.4, 0.5) is 0 Å². The minimum atomic E-state index is -0.180. The molecular formula is C19H22N4O2S. The lowest BCUT2D eigenvalue weighted by Crippen LogP contribution is -2.23. The van der Waals surface area contributed by atoms with Crippen molar-refractivity contribution in [3.8, 4) is 10.6 Å². The first-order valence-electron chi connectivity index (χ1n) is 8.54. The van der Waals surface area contributed by atoms with Gasteiger partial charge in [-0.1, -0.05) is 31.2 Å². The van der Waals surface area contributed by atoms with Crippen LogP contribution < -0.4 is 5.32 Å². The van der Waals surface area contributed by atoms with E-state index in [4.69, 9.17) is 4.74 Å². The van der Waals surface area contributed by atoms with Crippen LogP contribution in [0.5, 0.6) is 0 Å². The predicted molar refractivity (Wildman–Crippen MR) is 102 cm³/mol. The molecule has 1 aromatic carbocycles. The van der Waals surface area contributed by atoms with Gasteiger partial charge in [0.05, 0.1) is 12.8 Å². The number of hydrogen-bond donors (Lipinski definition) is 1. The van der Waals surface area contributed by atoms with Crippen molar-refractivity contribution in [2.45, 2.75) is 26.5 Å². The van der Waals surface area contributed by atoms with Gasteiger partial charge in [0, 0.05) is 37.3 Å². The molecule has 0 bridgehead atoms. The predicted octanol–water partition coefficient (Wildman–Crippen LogP) is 3.40. The highest BCUT2D eigenvalue weighted by Crippen LogP contribution is 2.23. The molecule has 0 unspecified atom stereocenters. The summed E-state index contributed by atoms with van der Waals surface area (Å²) < 4.78 is 7.34. The molecule has 1 amide bonds. The average molecular weight is 370 g/mol. The fourth-order valence-corrected chi connectivity index (χ4v) is 3.28. The molecule has 7 heteroatoms. The molecule has 0 aliphatic carbocycles. The molecule has 0 radical (unpaired) electrons. The molecule has 136 valence electrons. The summed E-state index contributed by atoms with van der Waals surface area (Å²) in [6.07, 6.45) is 4.61. The van der Waals surface area contributed by atoms with Gasteiger partial charge in [-0.2, -0.15) is 5.10 Å². The molecule has 0 aliphatic heterocycles. The van der Waals surface area contributed by atoms with Crippen molar-refractivity contribution in [1.29, 1.82) is 0 Å². The third kappa shape index (κ3) is 4.56. The molecular weight excluding hydrogens is 348 g/mol. The maximum Gasteiger partial charge on any atom is 0.271 e. The van der Waals surface area contributed by atoms with Gasteiger partial charge in [-0.25, -0.2) is 4.98 Å². The molecule has 0 fully saturated rings. The number of nitrogens with zero attached hydrogens (tertiary/aromatic N) is 3. The maximum absolute atomic E-state index is 12.4. The Kier molecular flexibility index (Phi) is 6.14. The summed E-state index contributed by atoms with van der Waals surface area (Å²) >= 11 is 1.44. The highest BCUT2D eigenvalue weighted by atomic mass is 32.1. The van der Waals surface area contributed by atoms with Crippen molar-refractivity contribution in [1.82, 2.24) is 20.1 Å². The summed E-state index contributed by atoms with van der Waals surface area (Å²) in [6, 6.07) is 7.98. The van der Waals surface area contributed by atoms with E-state index in [2.05, 4.69) is 22.3 Å². The largest absolute Gasteiger partial charge is 0.377 e. The third-order valence-corrected chi connectivity index (χ3v) is 4.74. The Morgan fingerprint density at radius 1 is 1.31 bits per heavy atom. The van der Waals surface area contributed by atoms with Crippen LogP contribution >= 0.6 is 11.3 Å². The van der Waals surface area contributed by atoms with Gasteiger partial charge in [-0.05, 0) is 17.5 Å². The summed E-state index contributed by atoms with van der Waals surface area (Å²) in [6.45, 7) is 3.82. The number of carbonyl (C=O) groups excluding carboxylic acids is 1. The number of benzene rings is 1. The number of ether oxygens (including phenoxy) is 1. The first-order chi connectivity index (χ1) is 12.7. The van der Waals surface area contributed by atoms with E-state index in [0.717, 1.165) is 34.7 Å². The Balaban J connectivity index is 1.62. The summed E-state index contributed by atoms with van der Waals surface area (Å²) in [7, 11) is 1.85. The number of aryl methyl sites for hydroxylation is 1. The van der Waals surface area contributed by atoms with Crippen molar-refractivity contribution in [2.75, 3.05) is 6.61 Å². The second-order valence-corrected chi connectivity index (χ2v) is 6.80. The quantitative estimate of drug-likeness (QED) is 0.617. The van der Waals surface area contributed by atoms with Gasteiger partial charge in [0.25, 0.3) is 5.91 Å². The minimum Gasteiger partial charge on any atom is -0.377 e. The second-order valence-electron chi connectivity index (χ2n) is 5.94. The molecule has 0 atom stereocenters. The Morgan fingerprint density at radius 3 is 2.85 bits per heavy atom. The fraction of sp³-hybridized carbons (Fsp3) is 0.316. The number of hydrogen-bond acceptors (Lipinski definition) is 5. The highest BCUT2D eigenvalue weighted by molar-refractivity contribution is 7.13. The number of thiazole rings is 1. The van der Waals surface area contributed by atoms with E-state index in [1.165, 1.54) is 11.3 Å². The van der Waals surface area contributed by atoms with Crippen molar-refractivity contribution in [3.05, 3.63) is 58.9 Å². The number of carbonyl (C=O) groups is 1. The van der Waals surface area contributed by atoms with Crippen molar-refractivity contribution in [3.63, 3.8) is 0 Å². The Hall–Kier alpha value is -2.51. The smallest absolute Gasteiger partial charge is 0.271 e. The standard InChI is InChI=1S/C19H22N4O2S/c1-3-8-25-12-15-7-5-4-6-14(15)9-20-18(24)17-13-26-19(22-17)16-10-21-23(2)11-16/h4-7,10-11,13H,3,8-9,12H2,1-2H3,(H,20,24). The number of aromatic nitrogens is 3. The van der Waals surface area contributed by atoms with Crippen LogP contribution in [0.1, 0.15) is 35.0 Å². The van der Waals surface area contributed by atoms with Crippen LogP contribution in [0.15, 0.2) is 42.0 Å². The molecule has 0 saturated carbocycles. The van der Waals surface area contributed by atoms with Crippen LogP contribution in [0.25, 0.3) is 10.6 Å². The zero-order valence-corrected chi connectivity index (χ0v) is 15.8. The van der Waals surface area contributed by atoms with E-state index in [0.29, 0.717) is 18.8 Å². The Bertz CT molecular complexity index is 872. The third-order valence-electron chi connectivity index (χ3n) is 3.85. The molecule has 6 nitrogen and oxygen atoms in total. The monoisotopic (exact) mass is 370 g/mol. The average Bonchev–Trinajstić information content (AvgIpc) is 3.30. The van der Waals surface area contributed by atoms with Crippen molar-refractivity contribution >= 4 is 17.2 Å². The van der Waals surface area contributed by atoms with Gasteiger partial charge in [0.2, 0.25) is 0 Å². The first-order valence-corrected chi connectivity index (χ1v) is 9.42. The van der Waals surface area contributed by atoms with Crippen LogP contribution in [-0.4, -0.2) is 27.3 Å². The van der Waals surface area contributed by atoms with E-state index >= 15 is 0 Å². The molecule has 0 spiro atoms. The molecule has 26 heavy (non-hydrogen) atoms. The van der Waals surface area contributed by atoms with E-state index in [1.54, 1.807) is 16.3 Å². The second kappa shape index (κ2) is 8.73. The van der Waals surface area contributed by atoms with E-state index in [9.17, 15) is 4.79 Å². The van der Waals surface area contributed by atoms with E-state index in [-0.39, 0.29) is 5.91 Å². The van der Waals surface area contributed by atoms with Gasteiger partial charge in [0.1, 0.15) is 10.7 Å². The molecule has 0 saturated heterocycles. The van der Waals surface area contributed by atoms with Gasteiger partial charge in [0.15, 0.2) is 0 Å². The molecule has 2 aromatic heterocycles. The van der Waals surface area contributed by atoms with Crippen LogP contribution in [0, 0.1) is 0 Å². The molecule has 0 aliphatic rings. The minimum absolute atomic E-state index is 0.180. The molecule has 3 rings (SSSR count). The lowest BCUT2D eigenvalue weighted by Gasteiger charge is -2.10. The van der Waals surface area contributed by atoms with Gasteiger partial charge in [-0.15, -0.1) is 11.3 Å². The maximum atomic E-state index is 12.4. The topological polar surface area (TPSA) is 69.0 Å². The Labute approximate surface area is 156 Å². The number of rotatable bonds is 8. The lowest BCUT2D eigenvalue weighted by molar-refractivity contribution is 0.0945. The van der Waals surface area contributed by atoms with Crippen LogP contribution in [0.2, 0.25) is 0 Å². The lowest BCUT2D eigenvalue weighted by atomic mass is 10.1. The zero-order chi connectivity index (χ0) is 18.4. The van der Waals surface area contributed by atoms with Crippen molar-refractivity contribution in [2.24, 2.45) is 7.05 Å². The SMILES string of the molecule is CCCOCc1ccccc1CNC(=O)c1csc(-c2cnn(C)c2)n1. The van der Waals surface area contributed by atoms with E-state index in [1.807, 2.05) is 37.5 Å². The Morgan fingerprint density at radius 2 is 2.12 bits per heavy atom. The summed E-state index contributed by atoms with van der Waals surface area (Å²) in [5, 5.41) is 9.64. The highest BCUT2D eigenvalue weighted by Gasteiger charge is 2.13. The molecule has 3 aromatic rings. The summed E-state index contributed by atoms with van der Waals surface area (Å²) in [5.74, 6) is -0.180.